The first-order valence-corrected chi connectivity index (χ1v) is 4.94. The molecule has 0 saturated heterocycles. The highest BCUT2D eigenvalue weighted by Crippen LogP contribution is 1.90. The van der Waals surface area contributed by atoms with Crippen LogP contribution in [0.1, 0.15) is 26.7 Å². The Bertz CT molecular complexity index is 199. The predicted octanol–water partition coefficient (Wildman–Crippen LogP) is 1.08. The number of hydrogen-bond donors (Lipinski definition) is 1. The average molecular weight is 198 g/mol. The van der Waals surface area contributed by atoms with Crippen molar-refractivity contribution < 1.29 is 9.53 Å². The first-order valence-electron chi connectivity index (χ1n) is 4.94. The minimum absolute atomic E-state index is 0.0526. The molecule has 0 bridgehead atoms. The number of ether oxygens (including phenoxy) is 1. The van der Waals surface area contributed by atoms with E-state index in [9.17, 15) is 4.79 Å². The number of rotatable bonds is 7. The molecule has 0 fully saturated rings. The molecular weight excluding hydrogens is 180 g/mol. The van der Waals surface area contributed by atoms with Crippen molar-refractivity contribution >= 4 is 5.91 Å². The quantitative estimate of drug-likeness (QED) is 0.623. The van der Waals surface area contributed by atoms with Crippen LogP contribution in [0.15, 0.2) is 0 Å². The molecule has 0 aromatic heterocycles. The molecule has 1 amide bonds. The topological polar surface area (TPSA) is 62.1 Å². The van der Waals surface area contributed by atoms with E-state index in [0.29, 0.717) is 26.2 Å². The van der Waals surface area contributed by atoms with Crippen LogP contribution in [0, 0.1) is 17.2 Å². The Morgan fingerprint density at radius 2 is 2.29 bits per heavy atom. The van der Waals surface area contributed by atoms with Gasteiger partial charge in [0.15, 0.2) is 0 Å². The molecule has 80 valence electrons. The van der Waals surface area contributed by atoms with Crippen molar-refractivity contribution in [3.63, 3.8) is 0 Å². The molecule has 0 spiro atoms. The summed E-state index contributed by atoms with van der Waals surface area (Å²) >= 11 is 0. The lowest BCUT2D eigenvalue weighted by Crippen LogP contribution is -2.28. The number of carbonyl (C=O) groups excluding carboxylic acids is 1. The standard InChI is InChI=1S/C10H18N2O2/c1-3-5-14-6-4-10(13)12-8-9(2)7-11/h9H,3-6,8H2,1-2H3,(H,12,13). The van der Waals surface area contributed by atoms with E-state index < -0.39 is 0 Å². The Hall–Kier alpha value is -1.08. The molecule has 1 N–H and O–H groups in total. The molecule has 4 heteroatoms. The average Bonchev–Trinajstić information content (AvgIpc) is 2.21. The fourth-order valence-corrected chi connectivity index (χ4v) is 0.812. The van der Waals surface area contributed by atoms with E-state index in [2.05, 4.69) is 11.4 Å². The van der Waals surface area contributed by atoms with Crippen LogP contribution in [-0.4, -0.2) is 25.7 Å². The van der Waals surface area contributed by atoms with Gasteiger partial charge in [-0.2, -0.15) is 5.26 Å². The van der Waals surface area contributed by atoms with Crippen LogP contribution in [0.3, 0.4) is 0 Å². The summed E-state index contributed by atoms with van der Waals surface area (Å²) in [7, 11) is 0. The zero-order chi connectivity index (χ0) is 10.8. The molecule has 0 heterocycles. The lowest BCUT2D eigenvalue weighted by atomic mass is 10.2. The van der Waals surface area contributed by atoms with Gasteiger partial charge in [0.2, 0.25) is 5.91 Å². The highest BCUT2D eigenvalue weighted by Gasteiger charge is 2.03. The molecule has 1 unspecified atom stereocenters. The van der Waals surface area contributed by atoms with Crippen LogP contribution < -0.4 is 5.32 Å². The van der Waals surface area contributed by atoms with Crippen LogP contribution in [0.5, 0.6) is 0 Å². The van der Waals surface area contributed by atoms with Gasteiger partial charge in [-0.25, -0.2) is 0 Å². The Balaban J connectivity index is 3.33. The molecule has 0 aliphatic rings. The van der Waals surface area contributed by atoms with Crippen molar-refractivity contribution in [2.45, 2.75) is 26.7 Å². The van der Waals surface area contributed by atoms with Gasteiger partial charge in [0.1, 0.15) is 0 Å². The smallest absolute Gasteiger partial charge is 0.222 e. The van der Waals surface area contributed by atoms with Crippen molar-refractivity contribution in [1.29, 1.82) is 5.26 Å². The van der Waals surface area contributed by atoms with Crippen molar-refractivity contribution in [1.82, 2.24) is 5.32 Å². The van der Waals surface area contributed by atoms with Crippen molar-refractivity contribution in [3.05, 3.63) is 0 Å². The highest BCUT2D eigenvalue weighted by atomic mass is 16.5. The second-order valence-electron chi connectivity index (χ2n) is 3.20. The molecule has 0 aliphatic heterocycles. The normalized spacial score (nSPS) is 11.8. The number of nitrogens with one attached hydrogen (secondary N) is 1. The van der Waals surface area contributed by atoms with E-state index in [1.807, 2.05) is 6.92 Å². The molecular formula is C10H18N2O2. The Labute approximate surface area is 85.2 Å². The zero-order valence-electron chi connectivity index (χ0n) is 8.88. The monoisotopic (exact) mass is 198 g/mol. The number of carbonyl (C=O) groups is 1. The summed E-state index contributed by atoms with van der Waals surface area (Å²) in [4.78, 5) is 11.1. The first-order chi connectivity index (χ1) is 6.70. The van der Waals surface area contributed by atoms with Gasteiger partial charge in [0.05, 0.1) is 18.6 Å². The van der Waals surface area contributed by atoms with Crippen molar-refractivity contribution in [2.75, 3.05) is 19.8 Å². The predicted molar refractivity (Wildman–Crippen MR) is 53.5 cm³/mol. The third-order valence-electron chi connectivity index (χ3n) is 1.65. The largest absolute Gasteiger partial charge is 0.381 e. The number of nitriles is 1. The Morgan fingerprint density at radius 1 is 1.57 bits per heavy atom. The lowest BCUT2D eigenvalue weighted by molar-refractivity contribution is -0.122. The Morgan fingerprint density at radius 3 is 2.86 bits per heavy atom. The van der Waals surface area contributed by atoms with Gasteiger partial charge in [0, 0.05) is 19.6 Å². The number of amides is 1. The molecule has 14 heavy (non-hydrogen) atoms. The van der Waals surface area contributed by atoms with Crippen molar-refractivity contribution in [3.8, 4) is 6.07 Å². The maximum absolute atomic E-state index is 11.1. The molecule has 0 saturated carbocycles. The minimum Gasteiger partial charge on any atom is -0.381 e. The summed E-state index contributed by atoms with van der Waals surface area (Å²) < 4.78 is 5.16. The second kappa shape index (κ2) is 8.52. The van der Waals surface area contributed by atoms with E-state index in [1.54, 1.807) is 6.92 Å². The molecule has 0 aromatic carbocycles. The fraction of sp³-hybridized carbons (Fsp3) is 0.800. The Kier molecular flexibility index (Phi) is 7.86. The van der Waals surface area contributed by atoms with E-state index in [0.717, 1.165) is 6.42 Å². The first kappa shape index (κ1) is 12.9. The van der Waals surface area contributed by atoms with Crippen LogP contribution in [0.2, 0.25) is 0 Å². The van der Waals surface area contributed by atoms with Gasteiger partial charge < -0.3 is 10.1 Å². The van der Waals surface area contributed by atoms with Gasteiger partial charge in [-0.3, -0.25) is 4.79 Å². The zero-order valence-corrected chi connectivity index (χ0v) is 8.88. The van der Waals surface area contributed by atoms with Gasteiger partial charge in [-0.1, -0.05) is 6.92 Å². The molecule has 0 radical (unpaired) electrons. The van der Waals surface area contributed by atoms with E-state index in [4.69, 9.17) is 10.00 Å². The third-order valence-corrected chi connectivity index (χ3v) is 1.65. The van der Waals surface area contributed by atoms with Gasteiger partial charge in [-0.05, 0) is 13.3 Å². The van der Waals surface area contributed by atoms with Crippen LogP contribution in [0.4, 0.5) is 0 Å². The fourth-order valence-electron chi connectivity index (χ4n) is 0.812. The molecule has 0 rings (SSSR count). The summed E-state index contributed by atoms with van der Waals surface area (Å²) in [5.41, 5.74) is 0. The molecule has 4 nitrogen and oxygen atoms in total. The summed E-state index contributed by atoms with van der Waals surface area (Å²) in [6.07, 6.45) is 1.34. The second-order valence-corrected chi connectivity index (χ2v) is 3.20. The van der Waals surface area contributed by atoms with E-state index in [-0.39, 0.29) is 11.8 Å². The maximum atomic E-state index is 11.1. The highest BCUT2D eigenvalue weighted by molar-refractivity contribution is 5.75. The lowest BCUT2D eigenvalue weighted by Gasteiger charge is -2.06. The van der Waals surface area contributed by atoms with Gasteiger partial charge in [0.25, 0.3) is 0 Å². The van der Waals surface area contributed by atoms with E-state index in [1.165, 1.54) is 0 Å². The minimum atomic E-state index is -0.129. The summed E-state index contributed by atoms with van der Waals surface area (Å²) in [5.74, 6) is -0.182. The summed E-state index contributed by atoms with van der Waals surface area (Å²) in [6.45, 7) is 5.37. The third kappa shape index (κ3) is 7.56. The van der Waals surface area contributed by atoms with Crippen molar-refractivity contribution in [2.24, 2.45) is 5.92 Å². The van der Waals surface area contributed by atoms with Gasteiger partial charge >= 0.3 is 0 Å². The van der Waals surface area contributed by atoms with Crippen LogP contribution in [-0.2, 0) is 9.53 Å². The summed E-state index contributed by atoms with van der Waals surface area (Å²) in [5, 5.41) is 11.1. The molecule has 0 aromatic rings. The SMILES string of the molecule is CCCOCCC(=O)NCC(C)C#N. The number of hydrogen-bond acceptors (Lipinski definition) is 3. The molecule has 0 aliphatic carbocycles. The van der Waals surface area contributed by atoms with Gasteiger partial charge in [-0.15, -0.1) is 0 Å². The number of nitrogens with zero attached hydrogens (tertiary/aromatic N) is 1. The van der Waals surface area contributed by atoms with E-state index >= 15 is 0 Å². The summed E-state index contributed by atoms with van der Waals surface area (Å²) in [6, 6.07) is 2.05. The van der Waals surface area contributed by atoms with Crippen LogP contribution in [0.25, 0.3) is 0 Å². The van der Waals surface area contributed by atoms with Crippen LogP contribution >= 0.6 is 0 Å². The molecule has 1 atom stereocenters. The maximum Gasteiger partial charge on any atom is 0.222 e.